The molecule has 1 aliphatic carbocycles. The molecule has 4 N–H and O–H groups in total. The molecule has 2 aliphatic rings. The van der Waals surface area contributed by atoms with Crippen molar-refractivity contribution in [3.8, 4) is 0 Å². The molecule has 2 heterocycles. The Labute approximate surface area is 104 Å². The third-order valence-electron chi connectivity index (χ3n) is 3.81. The molecule has 4 unspecified atom stereocenters. The molecule has 2 fully saturated rings. The quantitative estimate of drug-likeness (QED) is 0.640. The monoisotopic (exact) mass is 249 g/mol. The van der Waals surface area contributed by atoms with Crippen LogP contribution in [0.3, 0.4) is 0 Å². The number of amides is 1. The highest BCUT2D eigenvalue weighted by atomic mass is 16.5. The second kappa shape index (κ2) is 4.22. The number of nitrogens with two attached hydrogens (primary N) is 1. The van der Waals surface area contributed by atoms with Crippen molar-refractivity contribution in [2.45, 2.75) is 24.6 Å². The average Bonchev–Trinajstić information content (AvgIpc) is 2.81. The largest absolute Gasteiger partial charge is 0.376 e. The number of hydrogen-bond donors (Lipinski definition) is 3. The first-order valence-corrected chi connectivity index (χ1v) is 6.03. The lowest BCUT2D eigenvalue weighted by atomic mass is 9.72. The number of rotatable bonds is 2. The number of aromatic amines is 1. The van der Waals surface area contributed by atoms with Crippen molar-refractivity contribution >= 4 is 5.91 Å². The van der Waals surface area contributed by atoms with Crippen LogP contribution in [0.5, 0.6) is 0 Å². The van der Waals surface area contributed by atoms with Crippen LogP contribution in [0.4, 0.5) is 0 Å². The number of aromatic nitrogens is 1. The third-order valence-corrected chi connectivity index (χ3v) is 3.81. The number of carbonyl (C=O) groups is 1. The van der Waals surface area contributed by atoms with Crippen LogP contribution < -0.4 is 16.5 Å². The van der Waals surface area contributed by atoms with E-state index >= 15 is 0 Å². The van der Waals surface area contributed by atoms with Gasteiger partial charge in [0.15, 0.2) is 5.43 Å². The first-order chi connectivity index (χ1) is 8.68. The molecule has 6 heteroatoms. The van der Waals surface area contributed by atoms with E-state index in [9.17, 15) is 9.59 Å². The maximum atomic E-state index is 12.0. The van der Waals surface area contributed by atoms with Gasteiger partial charge in [0, 0.05) is 37.0 Å². The van der Waals surface area contributed by atoms with E-state index in [0.29, 0.717) is 12.5 Å². The molecule has 0 bridgehead atoms. The first kappa shape index (κ1) is 11.4. The standard InChI is InChI=1S/C12H15N3O3/c13-9-6-2-4-18-11(6)10(9)15-12(17)7-5-14-3-1-8(7)16/h1,3,5-6,9-11H,2,4,13H2,(H,14,16)(H,15,17). The summed E-state index contributed by atoms with van der Waals surface area (Å²) < 4.78 is 5.52. The minimum Gasteiger partial charge on any atom is -0.376 e. The molecule has 3 rings (SSSR count). The van der Waals surface area contributed by atoms with Gasteiger partial charge >= 0.3 is 0 Å². The number of fused-ring (bicyclic) bond motifs is 1. The highest BCUT2D eigenvalue weighted by Gasteiger charge is 2.52. The molecule has 96 valence electrons. The molecule has 0 aromatic carbocycles. The molecule has 1 saturated carbocycles. The van der Waals surface area contributed by atoms with Crippen LogP contribution in [0.15, 0.2) is 23.3 Å². The van der Waals surface area contributed by atoms with Crippen LogP contribution in [0.2, 0.25) is 0 Å². The Morgan fingerprint density at radius 2 is 2.39 bits per heavy atom. The van der Waals surface area contributed by atoms with E-state index in [-0.39, 0.29) is 29.2 Å². The van der Waals surface area contributed by atoms with Crippen LogP contribution in [0.25, 0.3) is 0 Å². The van der Waals surface area contributed by atoms with Gasteiger partial charge in [0.05, 0.1) is 12.1 Å². The van der Waals surface area contributed by atoms with Gasteiger partial charge in [0.2, 0.25) is 0 Å². The zero-order chi connectivity index (χ0) is 12.7. The summed E-state index contributed by atoms with van der Waals surface area (Å²) in [7, 11) is 0. The van der Waals surface area contributed by atoms with E-state index in [0.717, 1.165) is 6.42 Å². The average molecular weight is 249 g/mol. The molecule has 6 nitrogen and oxygen atoms in total. The minimum atomic E-state index is -0.397. The first-order valence-electron chi connectivity index (χ1n) is 6.03. The molecule has 1 aromatic heterocycles. The van der Waals surface area contributed by atoms with E-state index < -0.39 is 5.91 Å². The summed E-state index contributed by atoms with van der Waals surface area (Å²) in [5.74, 6) is -0.0596. The third kappa shape index (κ3) is 1.65. The van der Waals surface area contributed by atoms with Gasteiger partial charge in [-0.2, -0.15) is 0 Å². The smallest absolute Gasteiger partial charge is 0.257 e. The van der Waals surface area contributed by atoms with E-state index in [1.807, 2.05) is 0 Å². The summed E-state index contributed by atoms with van der Waals surface area (Å²) in [6.07, 6.45) is 3.84. The topological polar surface area (TPSA) is 97.2 Å². The van der Waals surface area contributed by atoms with Gasteiger partial charge in [-0.05, 0) is 6.42 Å². The van der Waals surface area contributed by atoms with Crippen LogP contribution in [-0.2, 0) is 4.74 Å². The van der Waals surface area contributed by atoms with Crippen molar-refractivity contribution in [3.05, 3.63) is 34.2 Å². The van der Waals surface area contributed by atoms with Crippen molar-refractivity contribution in [3.63, 3.8) is 0 Å². The summed E-state index contributed by atoms with van der Waals surface area (Å²) in [6.45, 7) is 0.696. The van der Waals surface area contributed by atoms with Crippen molar-refractivity contribution < 1.29 is 9.53 Å². The Kier molecular flexibility index (Phi) is 2.68. The van der Waals surface area contributed by atoms with E-state index in [2.05, 4.69) is 10.3 Å². The lowest BCUT2D eigenvalue weighted by molar-refractivity contribution is -0.0161. The summed E-state index contributed by atoms with van der Waals surface area (Å²) in [5.41, 5.74) is 5.79. The fourth-order valence-electron chi connectivity index (χ4n) is 2.75. The van der Waals surface area contributed by atoms with Crippen molar-refractivity contribution in [2.24, 2.45) is 11.7 Å². The molecule has 1 amide bonds. The number of pyridine rings is 1. The van der Waals surface area contributed by atoms with Gasteiger partial charge in [-0.3, -0.25) is 9.59 Å². The number of carbonyl (C=O) groups excluding carboxylic acids is 1. The van der Waals surface area contributed by atoms with Gasteiger partial charge < -0.3 is 20.8 Å². The van der Waals surface area contributed by atoms with Gasteiger partial charge in [0.25, 0.3) is 5.91 Å². The van der Waals surface area contributed by atoms with Crippen molar-refractivity contribution in [1.82, 2.24) is 10.3 Å². The van der Waals surface area contributed by atoms with E-state index in [4.69, 9.17) is 10.5 Å². The predicted molar refractivity (Wildman–Crippen MR) is 64.1 cm³/mol. The predicted octanol–water partition coefficient (Wildman–Crippen LogP) is -0.781. The highest BCUT2D eigenvalue weighted by molar-refractivity contribution is 5.94. The van der Waals surface area contributed by atoms with E-state index in [1.54, 1.807) is 0 Å². The lowest BCUT2D eigenvalue weighted by Crippen LogP contribution is -2.69. The molecule has 18 heavy (non-hydrogen) atoms. The molecule has 4 atom stereocenters. The van der Waals surface area contributed by atoms with Gasteiger partial charge in [-0.25, -0.2) is 0 Å². The van der Waals surface area contributed by atoms with E-state index in [1.165, 1.54) is 18.5 Å². The molecular weight excluding hydrogens is 234 g/mol. The Bertz CT molecular complexity index is 527. The SMILES string of the molecule is NC1C2CCOC2C1NC(=O)c1c[nH]ccc1=O. The molecule has 0 radical (unpaired) electrons. The fraction of sp³-hybridized carbons (Fsp3) is 0.500. The second-order valence-electron chi connectivity index (χ2n) is 4.79. The zero-order valence-corrected chi connectivity index (χ0v) is 9.76. The summed E-state index contributed by atoms with van der Waals surface area (Å²) in [5, 5.41) is 2.79. The van der Waals surface area contributed by atoms with Gasteiger partial charge in [-0.15, -0.1) is 0 Å². The minimum absolute atomic E-state index is 0.00624. The maximum absolute atomic E-state index is 12.0. The summed E-state index contributed by atoms with van der Waals surface area (Å²) >= 11 is 0. The Morgan fingerprint density at radius 3 is 3.17 bits per heavy atom. The summed E-state index contributed by atoms with van der Waals surface area (Å²) in [4.78, 5) is 26.2. The van der Waals surface area contributed by atoms with Crippen molar-refractivity contribution in [1.29, 1.82) is 0 Å². The van der Waals surface area contributed by atoms with Crippen LogP contribution in [-0.4, -0.2) is 35.7 Å². The lowest BCUT2D eigenvalue weighted by Gasteiger charge is -2.45. The number of ether oxygens (including phenoxy) is 1. The van der Waals surface area contributed by atoms with Gasteiger partial charge in [0.1, 0.15) is 5.56 Å². The van der Waals surface area contributed by atoms with Crippen LogP contribution in [0, 0.1) is 5.92 Å². The number of nitrogens with one attached hydrogen (secondary N) is 2. The molecule has 1 saturated heterocycles. The highest BCUT2D eigenvalue weighted by Crippen LogP contribution is 2.37. The molecule has 0 spiro atoms. The Hall–Kier alpha value is -1.66. The van der Waals surface area contributed by atoms with Crippen LogP contribution >= 0.6 is 0 Å². The fourth-order valence-corrected chi connectivity index (χ4v) is 2.75. The zero-order valence-electron chi connectivity index (χ0n) is 9.76. The van der Waals surface area contributed by atoms with Crippen LogP contribution in [0.1, 0.15) is 16.8 Å². The van der Waals surface area contributed by atoms with Gasteiger partial charge in [-0.1, -0.05) is 0 Å². The molecule has 1 aromatic rings. The molecular formula is C12H15N3O3. The number of H-pyrrole nitrogens is 1. The van der Waals surface area contributed by atoms with Crippen molar-refractivity contribution in [2.75, 3.05) is 6.61 Å². The maximum Gasteiger partial charge on any atom is 0.257 e. The Morgan fingerprint density at radius 1 is 1.56 bits per heavy atom. The number of hydrogen-bond acceptors (Lipinski definition) is 4. The summed E-state index contributed by atoms with van der Waals surface area (Å²) in [6, 6.07) is 1.05. The Balaban J connectivity index is 1.72. The normalized spacial score (nSPS) is 33.6. The molecule has 1 aliphatic heterocycles. The second-order valence-corrected chi connectivity index (χ2v) is 4.79.